The Morgan fingerprint density at radius 3 is 2.57 bits per heavy atom. The van der Waals surface area contributed by atoms with Crippen LogP contribution in [0.3, 0.4) is 0 Å². The standard InChI is InChI=1S/C22H30N4O2/c27-22(26-10-12-28-13-11-26)17-4-5-20-18(15-23-21(20)14-17)16-24-6-8-25(9-7-24)19-2-1-3-19/h4-5,14-15,19,23H,1-3,6-13,16H2. The van der Waals surface area contributed by atoms with E-state index in [1.165, 1.54) is 43.3 Å². The summed E-state index contributed by atoms with van der Waals surface area (Å²) in [5.41, 5.74) is 3.15. The predicted octanol–water partition coefficient (Wildman–Crippen LogP) is 2.31. The van der Waals surface area contributed by atoms with Gasteiger partial charge in [0, 0.05) is 74.5 Å². The van der Waals surface area contributed by atoms with E-state index < -0.39 is 0 Å². The number of nitrogens with zero attached hydrogens (tertiary/aromatic N) is 3. The van der Waals surface area contributed by atoms with Crippen LogP contribution in [0, 0.1) is 0 Å². The molecule has 28 heavy (non-hydrogen) atoms. The van der Waals surface area contributed by atoms with Crippen molar-refractivity contribution in [2.75, 3.05) is 52.5 Å². The lowest BCUT2D eigenvalue weighted by Gasteiger charge is -2.43. The number of hydrogen-bond donors (Lipinski definition) is 1. The summed E-state index contributed by atoms with van der Waals surface area (Å²) in [7, 11) is 0. The Labute approximate surface area is 166 Å². The summed E-state index contributed by atoms with van der Waals surface area (Å²) in [6, 6.07) is 6.95. The second kappa shape index (κ2) is 7.85. The number of nitrogens with one attached hydrogen (secondary N) is 1. The van der Waals surface area contributed by atoms with Crippen molar-refractivity contribution in [1.82, 2.24) is 19.7 Å². The van der Waals surface area contributed by atoms with Crippen LogP contribution in [-0.4, -0.2) is 84.1 Å². The minimum atomic E-state index is 0.105. The van der Waals surface area contributed by atoms with E-state index in [0.717, 1.165) is 36.8 Å². The molecule has 0 radical (unpaired) electrons. The minimum Gasteiger partial charge on any atom is -0.378 e. The molecule has 6 heteroatoms. The fourth-order valence-electron chi connectivity index (χ4n) is 4.68. The van der Waals surface area contributed by atoms with Crippen LogP contribution in [0.4, 0.5) is 0 Å². The van der Waals surface area contributed by atoms with Crippen LogP contribution >= 0.6 is 0 Å². The quantitative estimate of drug-likeness (QED) is 0.882. The van der Waals surface area contributed by atoms with Crippen molar-refractivity contribution in [3.63, 3.8) is 0 Å². The number of benzene rings is 1. The van der Waals surface area contributed by atoms with Crippen LogP contribution in [-0.2, 0) is 11.3 Å². The highest BCUT2D eigenvalue weighted by atomic mass is 16.5. The first-order valence-electron chi connectivity index (χ1n) is 10.7. The van der Waals surface area contributed by atoms with Crippen LogP contribution < -0.4 is 0 Å². The van der Waals surface area contributed by atoms with E-state index >= 15 is 0 Å². The molecule has 1 amide bonds. The number of ether oxygens (including phenoxy) is 1. The van der Waals surface area contributed by atoms with Gasteiger partial charge in [0.1, 0.15) is 0 Å². The van der Waals surface area contributed by atoms with E-state index in [2.05, 4.69) is 27.0 Å². The van der Waals surface area contributed by atoms with Gasteiger partial charge in [-0.05, 0) is 30.5 Å². The Morgan fingerprint density at radius 1 is 1.07 bits per heavy atom. The van der Waals surface area contributed by atoms with Gasteiger partial charge in [0.2, 0.25) is 0 Å². The topological polar surface area (TPSA) is 51.8 Å². The summed E-state index contributed by atoms with van der Waals surface area (Å²) in [6.07, 6.45) is 6.32. The monoisotopic (exact) mass is 382 g/mol. The van der Waals surface area contributed by atoms with Crippen LogP contribution in [0.15, 0.2) is 24.4 Å². The average Bonchev–Trinajstić information content (AvgIpc) is 3.10. The number of aromatic nitrogens is 1. The number of aromatic amines is 1. The molecular formula is C22H30N4O2. The zero-order valence-electron chi connectivity index (χ0n) is 16.5. The highest BCUT2D eigenvalue weighted by Crippen LogP contribution is 2.27. The lowest BCUT2D eigenvalue weighted by molar-refractivity contribution is 0.0303. The number of amides is 1. The van der Waals surface area contributed by atoms with Gasteiger partial charge in [0.15, 0.2) is 0 Å². The van der Waals surface area contributed by atoms with E-state index in [0.29, 0.717) is 26.3 Å². The Kier molecular flexibility index (Phi) is 5.09. The molecule has 0 spiro atoms. The van der Waals surface area contributed by atoms with Crippen molar-refractivity contribution in [2.45, 2.75) is 31.8 Å². The van der Waals surface area contributed by atoms with Crippen molar-refractivity contribution in [3.8, 4) is 0 Å². The van der Waals surface area contributed by atoms with E-state index in [4.69, 9.17) is 4.74 Å². The molecule has 1 saturated carbocycles. The molecule has 3 aliphatic rings. The molecule has 6 nitrogen and oxygen atoms in total. The van der Waals surface area contributed by atoms with Crippen LogP contribution in [0.1, 0.15) is 35.2 Å². The summed E-state index contributed by atoms with van der Waals surface area (Å²) < 4.78 is 5.35. The molecule has 0 unspecified atom stereocenters. The van der Waals surface area contributed by atoms with Gasteiger partial charge in [0.25, 0.3) is 5.91 Å². The number of rotatable bonds is 4. The molecule has 2 aromatic rings. The summed E-state index contributed by atoms with van der Waals surface area (Å²) in [4.78, 5) is 23.2. The molecule has 5 rings (SSSR count). The Hall–Kier alpha value is -1.89. The lowest BCUT2D eigenvalue weighted by Crippen LogP contribution is -2.51. The van der Waals surface area contributed by atoms with Gasteiger partial charge < -0.3 is 14.6 Å². The molecule has 3 heterocycles. The highest BCUT2D eigenvalue weighted by molar-refractivity contribution is 5.98. The van der Waals surface area contributed by atoms with E-state index in [-0.39, 0.29) is 5.91 Å². The minimum absolute atomic E-state index is 0.105. The average molecular weight is 383 g/mol. The Balaban J connectivity index is 1.24. The van der Waals surface area contributed by atoms with Gasteiger partial charge in [-0.15, -0.1) is 0 Å². The maximum Gasteiger partial charge on any atom is 0.254 e. The summed E-state index contributed by atoms with van der Waals surface area (Å²) in [6.45, 7) is 8.31. The maximum absolute atomic E-state index is 12.7. The second-order valence-corrected chi connectivity index (χ2v) is 8.38. The third-order valence-electron chi connectivity index (χ3n) is 6.70. The second-order valence-electron chi connectivity index (χ2n) is 8.38. The Morgan fingerprint density at radius 2 is 1.86 bits per heavy atom. The lowest BCUT2D eigenvalue weighted by atomic mass is 9.91. The number of piperazine rings is 1. The smallest absolute Gasteiger partial charge is 0.254 e. The van der Waals surface area contributed by atoms with Crippen LogP contribution in [0.2, 0.25) is 0 Å². The normalized spacial score (nSPS) is 22.5. The van der Waals surface area contributed by atoms with E-state index in [1.807, 2.05) is 17.0 Å². The predicted molar refractivity (Wildman–Crippen MR) is 110 cm³/mol. The first-order valence-corrected chi connectivity index (χ1v) is 10.7. The molecule has 1 N–H and O–H groups in total. The third-order valence-corrected chi connectivity index (χ3v) is 6.70. The van der Waals surface area contributed by atoms with Crippen LogP contribution in [0.25, 0.3) is 10.9 Å². The number of carbonyl (C=O) groups is 1. The van der Waals surface area contributed by atoms with Crippen molar-refractivity contribution in [2.24, 2.45) is 0 Å². The largest absolute Gasteiger partial charge is 0.378 e. The van der Waals surface area contributed by atoms with Gasteiger partial charge in [-0.2, -0.15) is 0 Å². The van der Waals surface area contributed by atoms with Crippen molar-refractivity contribution in [3.05, 3.63) is 35.5 Å². The zero-order valence-corrected chi connectivity index (χ0v) is 16.5. The van der Waals surface area contributed by atoms with Crippen molar-refractivity contribution >= 4 is 16.8 Å². The van der Waals surface area contributed by atoms with Gasteiger partial charge in [-0.1, -0.05) is 12.5 Å². The van der Waals surface area contributed by atoms with E-state index in [9.17, 15) is 4.79 Å². The SMILES string of the molecule is O=C(c1ccc2c(CN3CCN(C4CCC4)CC3)c[nH]c2c1)N1CCOCC1. The molecular weight excluding hydrogens is 352 g/mol. The summed E-state index contributed by atoms with van der Waals surface area (Å²) in [5.74, 6) is 0.105. The van der Waals surface area contributed by atoms with Crippen molar-refractivity contribution in [1.29, 1.82) is 0 Å². The van der Waals surface area contributed by atoms with Gasteiger partial charge in [0.05, 0.1) is 13.2 Å². The number of carbonyl (C=O) groups excluding carboxylic acids is 1. The number of morpholine rings is 1. The molecule has 1 aromatic carbocycles. The molecule has 0 bridgehead atoms. The van der Waals surface area contributed by atoms with E-state index in [1.54, 1.807) is 0 Å². The van der Waals surface area contributed by atoms with Gasteiger partial charge in [-0.25, -0.2) is 0 Å². The Bertz CT molecular complexity index is 830. The van der Waals surface area contributed by atoms with Crippen molar-refractivity contribution < 1.29 is 9.53 Å². The molecule has 150 valence electrons. The number of H-pyrrole nitrogens is 1. The molecule has 1 aromatic heterocycles. The fraction of sp³-hybridized carbons (Fsp3) is 0.591. The summed E-state index contributed by atoms with van der Waals surface area (Å²) >= 11 is 0. The summed E-state index contributed by atoms with van der Waals surface area (Å²) in [5, 5.41) is 1.24. The zero-order chi connectivity index (χ0) is 18.9. The van der Waals surface area contributed by atoms with Gasteiger partial charge in [-0.3, -0.25) is 14.6 Å². The highest BCUT2D eigenvalue weighted by Gasteiger charge is 2.28. The first-order chi connectivity index (χ1) is 13.8. The van der Waals surface area contributed by atoms with Crippen LogP contribution in [0.5, 0.6) is 0 Å². The molecule has 2 saturated heterocycles. The number of hydrogen-bond acceptors (Lipinski definition) is 4. The first kappa shape index (κ1) is 18.2. The molecule has 2 aliphatic heterocycles. The van der Waals surface area contributed by atoms with Gasteiger partial charge >= 0.3 is 0 Å². The third kappa shape index (κ3) is 3.56. The maximum atomic E-state index is 12.7. The molecule has 3 fully saturated rings. The molecule has 1 aliphatic carbocycles. The fourth-order valence-corrected chi connectivity index (χ4v) is 4.68. The molecule has 0 atom stereocenters. The number of fused-ring (bicyclic) bond motifs is 1.